The van der Waals surface area contributed by atoms with E-state index in [1.54, 1.807) is 11.9 Å². The topological polar surface area (TPSA) is 55.6 Å². The van der Waals surface area contributed by atoms with Gasteiger partial charge in [-0.15, -0.1) is 0 Å². The van der Waals surface area contributed by atoms with Crippen LogP contribution in [-0.4, -0.2) is 44.2 Å². The van der Waals surface area contributed by atoms with Crippen LogP contribution in [0.3, 0.4) is 0 Å². The number of ether oxygens (including phenoxy) is 1. The lowest BCUT2D eigenvalue weighted by atomic mass is 10.1. The molecule has 2 unspecified atom stereocenters. The molecule has 0 bridgehead atoms. The molecule has 4 nitrogen and oxygen atoms in total. The van der Waals surface area contributed by atoms with Gasteiger partial charge in [0.25, 0.3) is 5.91 Å². The number of hydrogen-bond acceptors (Lipinski definition) is 3. The van der Waals surface area contributed by atoms with Gasteiger partial charge in [0, 0.05) is 27.2 Å². The minimum absolute atomic E-state index is 0.0321. The fourth-order valence-electron chi connectivity index (χ4n) is 1.23. The van der Waals surface area contributed by atoms with Crippen molar-refractivity contribution in [1.29, 1.82) is 0 Å². The molecule has 0 aromatic rings. The van der Waals surface area contributed by atoms with Gasteiger partial charge >= 0.3 is 0 Å². The van der Waals surface area contributed by atoms with Gasteiger partial charge in [0.1, 0.15) is 6.10 Å². The average molecular weight is 202 g/mol. The van der Waals surface area contributed by atoms with Gasteiger partial charge in [0.05, 0.1) is 0 Å². The third-order valence-corrected chi connectivity index (χ3v) is 2.43. The normalized spacial score (nSPS) is 14.9. The van der Waals surface area contributed by atoms with Gasteiger partial charge in [0.15, 0.2) is 0 Å². The van der Waals surface area contributed by atoms with Crippen molar-refractivity contribution in [3.63, 3.8) is 0 Å². The second kappa shape index (κ2) is 6.79. The summed E-state index contributed by atoms with van der Waals surface area (Å²) in [5.74, 6) is 0.481. The fourth-order valence-corrected chi connectivity index (χ4v) is 1.23. The smallest absolute Gasteiger partial charge is 0.252 e. The molecule has 0 rings (SSSR count). The predicted molar refractivity (Wildman–Crippen MR) is 56.9 cm³/mol. The molecule has 0 fully saturated rings. The van der Waals surface area contributed by atoms with E-state index in [9.17, 15) is 4.79 Å². The molecule has 14 heavy (non-hydrogen) atoms. The Morgan fingerprint density at radius 3 is 2.50 bits per heavy atom. The van der Waals surface area contributed by atoms with Gasteiger partial charge in [-0.1, -0.05) is 20.3 Å². The summed E-state index contributed by atoms with van der Waals surface area (Å²) in [7, 11) is 3.29. The maximum Gasteiger partial charge on any atom is 0.252 e. The van der Waals surface area contributed by atoms with Crippen molar-refractivity contribution in [2.75, 3.05) is 27.2 Å². The number of carbonyl (C=O) groups is 1. The van der Waals surface area contributed by atoms with Crippen LogP contribution < -0.4 is 5.73 Å². The number of amides is 1. The monoisotopic (exact) mass is 202 g/mol. The lowest BCUT2D eigenvalue weighted by Gasteiger charge is -2.24. The van der Waals surface area contributed by atoms with E-state index < -0.39 is 6.10 Å². The second-order valence-electron chi connectivity index (χ2n) is 3.69. The van der Waals surface area contributed by atoms with Crippen LogP contribution in [0.15, 0.2) is 0 Å². The van der Waals surface area contributed by atoms with Gasteiger partial charge in [-0.25, -0.2) is 0 Å². The molecule has 0 aliphatic rings. The summed E-state index contributed by atoms with van der Waals surface area (Å²) in [5, 5.41) is 0. The Hall–Kier alpha value is -0.610. The SMILES string of the molecule is CCC(C)CN(C)C(=O)C(CN)OC. The first-order chi connectivity index (χ1) is 6.56. The zero-order chi connectivity index (χ0) is 11.1. The first-order valence-corrected chi connectivity index (χ1v) is 5.04. The molecule has 0 aliphatic carbocycles. The van der Waals surface area contributed by atoms with Crippen LogP contribution in [0.2, 0.25) is 0 Å². The highest BCUT2D eigenvalue weighted by molar-refractivity contribution is 5.80. The Labute approximate surface area is 86.4 Å². The van der Waals surface area contributed by atoms with Crippen LogP contribution in [0.4, 0.5) is 0 Å². The summed E-state index contributed by atoms with van der Waals surface area (Å²) in [5.41, 5.74) is 5.41. The molecule has 1 amide bonds. The van der Waals surface area contributed by atoms with Crippen molar-refractivity contribution in [2.24, 2.45) is 11.7 Å². The Morgan fingerprint density at radius 2 is 2.14 bits per heavy atom. The lowest BCUT2D eigenvalue weighted by Crippen LogP contribution is -2.43. The summed E-state index contributed by atoms with van der Waals surface area (Å²) in [4.78, 5) is 13.4. The number of rotatable bonds is 6. The van der Waals surface area contributed by atoms with E-state index in [0.29, 0.717) is 5.92 Å². The molecule has 0 radical (unpaired) electrons. The second-order valence-corrected chi connectivity index (χ2v) is 3.69. The van der Waals surface area contributed by atoms with Crippen LogP contribution in [0, 0.1) is 5.92 Å². The van der Waals surface area contributed by atoms with Crippen molar-refractivity contribution in [3.8, 4) is 0 Å². The van der Waals surface area contributed by atoms with Crippen LogP contribution in [0.25, 0.3) is 0 Å². The van der Waals surface area contributed by atoms with E-state index in [-0.39, 0.29) is 12.5 Å². The number of nitrogens with zero attached hydrogens (tertiary/aromatic N) is 1. The van der Waals surface area contributed by atoms with E-state index in [1.165, 1.54) is 7.11 Å². The molecule has 0 aromatic carbocycles. The highest BCUT2D eigenvalue weighted by Gasteiger charge is 2.20. The molecule has 0 heterocycles. The first kappa shape index (κ1) is 13.4. The van der Waals surface area contributed by atoms with Crippen molar-refractivity contribution in [2.45, 2.75) is 26.4 Å². The number of nitrogens with two attached hydrogens (primary N) is 1. The molecule has 0 spiro atoms. The lowest BCUT2D eigenvalue weighted by molar-refractivity contribution is -0.140. The van der Waals surface area contributed by atoms with Gasteiger partial charge in [-0.3, -0.25) is 4.79 Å². The van der Waals surface area contributed by atoms with E-state index in [0.717, 1.165) is 13.0 Å². The predicted octanol–water partition coefficient (Wildman–Crippen LogP) is 0.465. The van der Waals surface area contributed by atoms with Crippen molar-refractivity contribution >= 4 is 5.91 Å². The molecule has 0 aromatic heterocycles. The van der Waals surface area contributed by atoms with Crippen LogP contribution in [0.1, 0.15) is 20.3 Å². The van der Waals surface area contributed by atoms with Gasteiger partial charge in [0.2, 0.25) is 0 Å². The maximum absolute atomic E-state index is 11.7. The summed E-state index contributed by atoms with van der Waals surface area (Å²) < 4.78 is 4.98. The zero-order valence-corrected chi connectivity index (χ0v) is 9.62. The van der Waals surface area contributed by atoms with E-state index in [1.807, 2.05) is 0 Å². The van der Waals surface area contributed by atoms with Gasteiger partial charge in [-0.2, -0.15) is 0 Å². The molecule has 2 atom stereocenters. The standard InChI is InChI=1S/C10H22N2O2/c1-5-8(2)7-12(3)10(13)9(6-11)14-4/h8-9H,5-7,11H2,1-4H3. The largest absolute Gasteiger partial charge is 0.370 e. The Morgan fingerprint density at radius 1 is 1.57 bits per heavy atom. The first-order valence-electron chi connectivity index (χ1n) is 5.04. The van der Waals surface area contributed by atoms with E-state index >= 15 is 0 Å². The third kappa shape index (κ3) is 4.07. The molecule has 84 valence electrons. The third-order valence-electron chi connectivity index (χ3n) is 2.43. The molecule has 4 heteroatoms. The summed E-state index contributed by atoms with van der Waals surface area (Å²) in [6, 6.07) is 0. The number of hydrogen-bond donors (Lipinski definition) is 1. The van der Waals surface area contributed by atoms with Gasteiger partial charge < -0.3 is 15.4 Å². The minimum atomic E-state index is -0.496. The van der Waals surface area contributed by atoms with E-state index in [2.05, 4.69) is 13.8 Å². The fraction of sp³-hybridized carbons (Fsp3) is 0.900. The van der Waals surface area contributed by atoms with Crippen molar-refractivity contribution in [3.05, 3.63) is 0 Å². The molecular formula is C10H22N2O2. The quantitative estimate of drug-likeness (QED) is 0.681. The number of methoxy groups -OCH3 is 1. The number of likely N-dealkylation sites (N-methyl/N-ethyl adjacent to an activating group) is 1. The molecular weight excluding hydrogens is 180 g/mol. The number of carbonyl (C=O) groups excluding carboxylic acids is 1. The zero-order valence-electron chi connectivity index (χ0n) is 9.62. The van der Waals surface area contributed by atoms with Crippen molar-refractivity contribution in [1.82, 2.24) is 4.90 Å². The average Bonchev–Trinajstić information content (AvgIpc) is 2.19. The molecule has 0 aliphatic heterocycles. The van der Waals surface area contributed by atoms with Crippen molar-refractivity contribution < 1.29 is 9.53 Å². The maximum atomic E-state index is 11.7. The van der Waals surface area contributed by atoms with E-state index in [4.69, 9.17) is 10.5 Å². The Bertz CT molecular complexity index is 170. The van der Waals surface area contributed by atoms with Crippen LogP contribution in [-0.2, 0) is 9.53 Å². The van der Waals surface area contributed by atoms with Gasteiger partial charge in [-0.05, 0) is 5.92 Å². The minimum Gasteiger partial charge on any atom is -0.370 e. The highest BCUT2D eigenvalue weighted by atomic mass is 16.5. The van der Waals surface area contributed by atoms with Crippen LogP contribution in [0.5, 0.6) is 0 Å². The molecule has 0 saturated heterocycles. The summed E-state index contributed by atoms with van der Waals surface area (Å²) in [6.45, 7) is 5.23. The molecule has 2 N–H and O–H groups in total. The summed E-state index contributed by atoms with van der Waals surface area (Å²) >= 11 is 0. The highest BCUT2D eigenvalue weighted by Crippen LogP contribution is 2.04. The Balaban J connectivity index is 4.09. The Kier molecular flexibility index (Phi) is 6.49. The summed E-state index contributed by atoms with van der Waals surface area (Å²) in [6.07, 6.45) is 0.571. The molecule has 0 saturated carbocycles. The van der Waals surface area contributed by atoms with Crippen LogP contribution >= 0.6 is 0 Å².